The Kier molecular flexibility index (Phi) is 2.60. The second-order valence-corrected chi connectivity index (χ2v) is 5.57. The Morgan fingerprint density at radius 2 is 2.21 bits per heavy atom. The molecule has 0 atom stereocenters. The van der Waals surface area contributed by atoms with Gasteiger partial charge in [-0.05, 0) is 59.0 Å². The molecular formula is C11H15IN2. The molecule has 0 bridgehead atoms. The molecule has 2 nitrogen and oxygen atoms in total. The first kappa shape index (κ1) is 10.1. The monoisotopic (exact) mass is 302 g/mol. The summed E-state index contributed by atoms with van der Waals surface area (Å²) in [6, 6.07) is 6.00. The minimum atomic E-state index is 0.546. The number of hydrogen-bond acceptors (Lipinski definition) is 2. The highest BCUT2D eigenvalue weighted by Gasteiger charge is 2.36. The number of hydrogen-bond donors (Lipinski definition) is 2. The van der Waals surface area contributed by atoms with Crippen molar-refractivity contribution < 1.29 is 0 Å². The average Bonchev–Trinajstić information content (AvgIpc) is 2.83. The van der Waals surface area contributed by atoms with E-state index in [1.54, 1.807) is 0 Å². The number of halogens is 1. The molecule has 1 aliphatic carbocycles. The predicted molar refractivity (Wildman–Crippen MR) is 69.4 cm³/mol. The molecule has 0 aromatic heterocycles. The Hall–Kier alpha value is -0.450. The summed E-state index contributed by atoms with van der Waals surface area (Å²) in [7, 11) is 0. The summed E-state index contributed by atoms with van der Waals surface area (Å²) in [6.45, 7) is 3.40. The number of rotatable bonds is 3. The lowest BCUT2D eigenvalue weighted by molar-refractivity contribution is 0.610. The molecule has 1 aromatic carbocycles. The molecular weight excluding hydrogens is 287 g/mol. The molecule has 0 unspecified atom stereocenters. The summed E-state index contributed by atoms with van der Waals surface area (Å²) in [5.74, 6) is 0. The van der Waals surface area contributed by atoms with E-state index in [1.807, 2.05) is 12.1 Å². The van der Waals surface area contributed by atoms with E-state index >= 15 is 0 Å². The van der Waals surface area contributed by atoms with Crippen molar-refractivity contribution in [3.8, 4) is 0 Å². The molecule has 0 amide bonds. The van der Waals surface area contributed by atoms with E-state index < -0.39 is 0 Å². The van der Waals surface area contributed by atoms with Gasteiger partial charge in [0.15, 0.2) is 0 Å². The highest BCUT2D eigenvalue weighted by atomic mass is 127. The Morgan fingerprint density at radius 1 is 1.50 bits per heavy atom. The second kappa shape index (κ2) is 3.61. The molecule has 1 saturated carbocycles. The van der Waals surface area contributed by atoms with Crippen LogP contribution in [0, 0.1) is 8.99 Å². The number of benzene rings is 1. The van der Waals surface area contributed by atoms with Crippen LogP contribution in [0.1, 0.15) is 19.8 Å². The summed E-state index contributed by atoms with van der Waals surface area (Å²) < 4.78 is 1.20. The van der Waals surface area contributed by atoms with Gasteiger partial charge in [0.25, 0.3) is 0 Å². The summed E-state index contributed by atoms with van der Waals surface area (Å²) >= 11 is 2.32. The summed E-state index contributed by atoms with van der Waals surface area (Å²) in [5.41, 5.74) is 8.27. The molecule has 0 aliphatic heterocycles. The minimum absolute atomic E-state index is 0.546. The Bertz CT molecular complexity index is 345. The Balaban J connectivity index is 2.02. The van der Waals surface area contributed by atoms with E-state index in [4.69, 9.17) is 5.73 Å². The van der Waals surface area contributed by atoms with E-state index in [0.29, 0.717) is 5.41 Å². The maximum absolute atomic E-state index is 5.69. The molecule has 76 valence electrons. The quantitative estimate of drug-likeness (QED) is 0.665. The van der Waals surface area contributed by atoms with Crippen molar-refractivity contribution in [2.75, 3.05) is 17.6 Å². The van der Waals surface area contributed by atoms with Crippen LogP contribution in [0.3, 0.4) is 0 Å². The van der Waals surface area contributed by atoms with Crippen molar-refractivity contribution in [1.29, 1.82) is 0 Å². The van der Waals surface area contributed by atoms with Crippen LogP contribution >= 0.6 is 22.6 Å². The van der Waals surface area contributed by atoms with Gasteiger partial charge < -0.3 is 11.1 Å². The maximum Gasteiger partial charge on any atom is 0.0477 e. The van der Waals surface area contributed by atoms with Gasteiger partial charge in [-0.3, -0.25) is 0 Å². The van der Waals surface area contributed by atoms with Crippen molar-refractivity contribution in [3.63, 3.8) is 0 Å². The molecule has 2 rings (SSSR count). The van der Waals surface area contributed by atoms with Crippen molar-refractivity contribution in [1.82, 2.24) is 0 Å². The lowest BCUT2D eigenvalue weighted by Crippen LogP contribution is -2.12. The molecule has 1 fully saturated rings. The van der Waals surface area contributed by atoms with Crippen LogP contribution < -0.4 is 11.1 Å². The third kappa shape index (κ3) is 2.32. The van der Waals surface area contributed by atoms with E-state index in [9.17, 15) is 0 Å². The highest BCUT2D eigenvalue weighted by Crippen LogP contribution is 2.44. The first-order chi connectivity index (χ1) is 6.59. The van der Waals surface area contributed by atoms with Crippen molar-refractivity contribution in [2.45, 2.75) is 19.8 Å². The first-order valence-electron chi connectivity index (χ1n) is 4.88. The van der Waals surface area contributed by atoms with Crippen LogP contribution in [0.5, 0.6) is 0 Å². The van der Waals surface area contributed by atoms with E-state index in [2.05, 4.69) is 40.9 Å². The standard InChI is InChI=1S/C11H15IN2/c1-11(4-5-11)7-14-10-3-2-8(13)6-9(10)12/h2-3,6,14H,4-5,7,13H2,1H3. The molecule has 1 aromatic rings. The van der Waals surface area contributed by atoms with Crippen LogP contribution in [0.25, 0.3) is 0 Å². The van der Waals surface area contributed by atoms with E-state index in [-0.39, 0.29) is 0 Å². The number of nitrogens with one attached hydrogen (secondary N) is 1. The normalized spacial score (nSPS) is 17.9. The second-order valence-electron chi connectivity index (χ2n) is 4.40. The summed E-state index contributed by atoms with van der Waals surface area (Å²) in [5, 5.41) is 3.48. The Morgan fingerprint density at radius 3 is 2.79 bits per heavy atom. The predicted octanol–water partition coefficient (Wildman–Crippen LogP) is 3.09. The van der Waals surface area contributed by atoms with Crippen molar-refractivity contribution >= 4 is 34.0 Å². The van der Waals surface area contributed by atoms with Crippen LogP contribution in [0.15, 0.2) is 18.2 Å². The SMILES string of the molecule is CC1(CNc2ccc(N)cc2I)CC1. The maximum atomic E-state index is 5.69. The number of anilines is 2. The molecule has 3 heteroatoms. The van der Waals surface area contributed by atoms with Gasteiger partial charge in [-0.25, -0.2) is 0 Å². The molecule has 0 radical (unpaired) electrons. The molecule has 14 heavy (non-hydrogen) atoms. The zero-order valence-electron chi connectivity index (χ0n) is 8.31. The van der Waals surface area contributed by atoms with Gasteiger partial charge >= 0.3 is 0 Å². The fraction of sp³-hybridized carbons (Fsp3) is 0.455. The fourth-order valence-corrected chi connectivity index (χ4v) is 2.10. The summed E-state index contributed by atoms with van der Waals surface area (Å²) in [6.07, 6.45) is 2.71. The van der Waals surface area contributed by atoms with Crippen LogP contribution in [0.4, 0.5) is 11.4 Å². The number of nitrogen functional groups attached to an aromatic ring is 1. The first-order valence-corrected chi connectivity index (χ1v) is 5.96. The zero-order valence-corrected chi connectivity index (χ0v) is 10.5. The van der Waals surface area contributed by atoms with Gasteiger partial charge in [0.05, 0.1) is 0 Å². The molecule has 0 saturated heterocycles. The van der Waals surface area contributed by atoms with Gasteiger partial charge in [0, 0.05) is 21.5 Å². The molecule has 0 heterocycles. The summed E-state index contributed by atoms with van der Waals surface area (Å²) in [4.78, 5) is 0. The zero-order chi connectivity index (χ0) is 10.2. The molecule has 0 spiro atoms. The minimum Gasteiger partial charge on any atom is -0.399 e. The molecule has 1 aliphatic rings. The smallest absolute Gasteiger partial charge is 0.0477 e. The third-order valence-electron chi connectivity index (χ3n) is 2.80. The number of nitrogens with two attached hydrogens (primary N) is 1. The van der Waals surface area contributed by atoms with Gasteiger partial charge in [-0.15, -0.1) is 0 Å². The van der Waals surface area contributed by atoms with Gasteiger partial charge in [-0.1, -0.05) is 6.92 Å². The lowest BCUT2D eigenvalue weighted by Gasteiger charge is -2.13. The topological polar surface area (TPSA) is 38.0 Å². The van der Waals surface area contributed by atoms with E-state index in [0.717, 1.165) is 12.2 Å². The van der Waals surface area contributed by atoms with Crippen LogP contribution in [0.2, 0.25) is 0 Å². The third-order valence-corrected chi connectivity index (χ3v) is 3.69. The fourth-order valence-electron chi connectivity index (χ4n) is 1.37. The van der Waals surface area contributed by atoms with Crippen LogP contribution in [-0.4, -0.2) is 6.54 Å². The van der Waals surface area contributed by atoms with Crippen LogP contribution in [-0.2, 0) is 0 Å². The van der Waals surface area contributed by atoms with E-state index in [1.165, 1.54) is 22.1 Å². The van der Waals surface area contributed by atoms with Gasteiger partial charge in [0.1, 0.15) is 0 Å². The van der Waals surface area contributed by atoms with Crippen molar-refractivity contribution in [2.24, 2.45) is 5.41 Å². The Labute approximate surface area is 98.4 Å². The average molecular weight is 302 g/mol. The highest BCUT2D eigenvalue weighted by molar-refractivity contribution is 14.1. The largest absolute Gasteiger partial charge is 0.399 e. The van der Waals surface area contributed by atoms with Crippen molar-refractivity contribution in [3.05, 3.63) is 21.8 Å². The van der Waals surface area contributed by atoms with Gasteiger partial charge in [0.2, 0.25) is 0 Å². The van der Waals surface area contributed by atoms with Gasteiger partial charge in [-0.2, -0.15) is 0 Å². The lowest BCUT2D eigenvalue weighted by atomic mass is 10.1. The molecule has 3 N–H and O–H groups in total.